The second-order valence-corrected chi connectivity index (χ2v) is 5.06. The molecule has 2 heterocycles. The zero-order valence-electron chi connectivity index (χ0n) is 9.30. The van der Waals surface area contributed by atoms with Crippen molar-refractivity contribution in [1.29, 1.82) is 0 Å². The lowest BCUT2D eigenvalue weighted by Crippen LogP contribution is -2.49. The fourth-order valence-corrected chi connectivity index (χ4v) is 2.36. The van der Waals surface area contributed by atoms with Crippen LogP contribution < -0.4 is 5.32 Å². The van der Waals surface area contributed by atoms with E-state index in [9.17, 15) is 9.59 Å². The standard InChI is InChI=1S/C11H13NO4S/c1-11(10(14)15)6-16-4-8(11)12-9(13)7-2-3-17-5-7/h2-3,5,8H,4,6H2,1H3,(H,12,13)(H,14,15). The number of hydrogen-bond acceptors (Lipinski definition) is 4. The van der Waals surface area contributed by atoms with Crippen LogP contribution in [0.2, 0.25) is 0 Å². The highest BCUT2D eigenvalue weighted by molar-refractivity contribution is 7.08. The second kappa shape index (κ2) is 4.46. The van der Waals surface area contributed by atoms with Gasteiger partial charge in [-0.25, -0.2) is 0 Å². The minimum absolute atomic E-state index is 0.122. The monoisotopic (exact) mass is 255 g/mol. The molecule has 1 aliphatic heterocycles. The van der Waals surface area contributed by atoms with E-state index in [-0.39, 0.29) is 19.1 Å². The van der Waals surface area contributed by atoms with Crippen molar-refractivity contribution in [2.75, 3.05) is 13.2 Å². The Labute approximate surface area is 102 Å². The summed E-state index contributed by atoms with van der Waals surface area (Å²) in [5.74, 6) is -1.21. The van der Waals surface area contributed by atoms with Crippen LogP contribution >= 0.6 is 11.3 Å². The number of aliphatic carboxylic acids is 1. The molecule has 6 heteroatoms. The van der Waals surface area contributed by atoms with E-state index in [4.69, 9.17) is 9.84 Å². The zero-order chi connectivity index (χ0) is 12.5. The molecule has 0 radical (unpaired) electrons. The van der Waals surface area contributed by atoms with Gasteiger partial charge in [-0.15, -0.1) is 0 Å². The van der Waals surface area contributed by atoms with Gasteiger partial charge in [0.25, 0.3) is 5.91 Å². The number of amides is 1. The third-order valence-electron chi connectivity index (χ3n) is 3.03. The minimum atomic E-state index is -1.05. The fraction of sp³-hybridized carbons (Fsp3) is 0.455. The molecule has 2 N–H and O–H groups in total. The molecule has 2 rings (SSSR count). The molecule has 92 valence electrons. The fourth-order valence-electron chi connectivity index (χ4n) is 1.72. The quantitative estimate of drug-likeness (QED) is 0.843. The van der Waals surface area contributed by atoms with E-state index >= 15 is 0 Å². The van der Waals surface area contributed by atoms with Crippen molar-refractivity contribution in [3.8, 4) is 0 Å². The van der Waals surface area contributed by atoms with Crippen molar-refractivity contribution in [3.63, 3.8) is 0 Å². The Kier molecular flexibility index (Phi) is 3.17. The molecule has 1 saturated heterocycles. The third kappa shape index (κ3) is 2.18. The van der Waals surface area contributed by atoms with Gasteiger partial charge in [-0.2, -0.15) is 11.3 Å². The number of rotatable bonds is 3. The van der Waals surface area contributed by atoms with Crippen molar-refractivity contribution < 1.29 is 19.4 Å². The molecule has 2 atom stereocenters. The van der Waals surface area contributed by atoms with E-state index in [0.29, 0.717) is 5.56 Å². The normalized spacial score (nSPS) is 27.9. The first-order valence-corrected chi connectivity index (χ1v) is 6.12. The maximum Gasteiger partial charge on any atom is 0.313 e. The largest absolute Gasteiger partial charge is 0.481 e. The van der Waals surface area contributed by atoms with Crippen molar-refractivity contribution in [3.05, 3.63) is 22.4 Å². The Morgan fingerprint density at radius 2 is 2.41 bits per heavy atom. The van der Waals surface area contributed by atoms with Crippen molar-refractivity contribution in [2.24, 2.45) is 5.41 Å². The van der Waals surface area contributed by atoms with Crippen LogP contribution in [0.1, 0.15) is 17.3 Å². The molecule has 0 bridgehead atoms. The first-order chi connectivity index (χ1) is 8.04. The van der Waals surface area contributed by atoms with Gasteiger partial charge < -0.3 is 15.2 Å². The molecule has 5 nitrogen and oxygen atoms in total. The summed E-state index contributed by atoms with van der Waals surface area (Å²) in [6.45, 7) is 1.94. The van der Waals surface area contributed by atoms with E-state index in [1.165, 1.54) is 11.3 Å². The Bertz CT molecular complexity index is 431. The molecule has 17 heavy (non-hydrogen) atoms. The van der Waals surface area contributed by atoms with Gasteiger partial charge in [-0.05, 0) is 18.4 Å². The number of carbonyl (C=O) groups excluding carboxylic acids is 1. The van der Waals surface area contributed by atoms with Crippen molar-refractivity contribution in [1.82, 2.24) is 5.32 Å². The average Bonchev–Trinajstić information content (AvgIpc) is 2.89. The summed E-state index contributed by atoms with van der Waals surface area (Å²) in [5.41, 5.74) is -0.499. The molecule has 1 amide bonds. The van der Waals surface area contributed by atoms with E-state index in [2.05, 4.69) is 5.32 Å². The van der Waals surface area contributed by atoms with Crippen LogP contribution in [0.5, 0.6) is 0 Å². The molecule has 1 aromatic rings. The molecule has 1 aliphatic rings. The van der Waals surface area contributed by atoms with Crippen LogP contribution in [0.15, 0.2) is 16.8 Å². The molecule has 0 aliphatic carbocycles. The number of carbonyl (C=O) groups is 2. The zero-order valence-corrected chi connectivity index (χ0v) is 10.1. The summed E-state index contributed by atoms with van der Waals surface area (Å²) in [6, 6.07) is 1.21. The SMILES string of the molecule is CC1(C(=O)O)COCC1NC(=O)c1ccsc1. The molecule has 0 saturated carbocycles. The topological polar surface area (TPSA) is 75.6 Å². The highest BCUT2D eigenvalue weighted by Gasteiger charge is 2.47. The lowest BCUT2D eigenvalue weighted by molar-refractivity contribution is -0.148. The number of carboxylic acids is 1. The predicted molar refractivity (Wildman–Crippen MR) is 62.1 cm³/mol. The minimum Gasteiger partial charge on any atom is -0.481 e. The Morgan fingerprint density at radius 3 is 3.00 bits per heavy atom. The Hall–Kier alpha value is -1.40. The summed E-state index contributed by atoms with van der Waals surface area (Å²) in [7, 11) is 0. The van der Waals surface area contributed by atoms with Crippen LogP contribution in [0.4, 0.5) is 0 Å². The maximum atomic E-state index is 11.8. The smallest absolute Gasteiger partial charge is 0.313 e. The molecule has 1 fully saturated rings. The summed E-state index contributed by atoms with van der Waals surface area (Å²) >= 11 is 1.42. The van der Waals surface area contributed by atoms with Crippen LogP contribution in [0.3, 0.4) is 0 Å². The molecule has 0 spiro atoms. The van der Waals surface area contributed by atoms with Gasteiger partial charge in [0.1, 0.15) is 5.41 Å². The number of carboxylic acid groups (broad SMARTS) is 1. The van der Waals surface area contributed by atoms with Gasteiger partial charge in [-0.1, -0.05) is 0 Å². The molecule has 1 aromatic heterocycles. The van der Waals surface area contributed by atoms with Crippen molar-refractivity contribution in [2.45, 2.75) is 13.0 Å². The van der Waals surface area contributed by atoms with Gasteiger partial charge in [-0.3, -0.25) is 9.59 Å². The van der Waals surface area contributed by atoms with Gasteiger partial charge >= 0.3 is 5.97 Å². The predicted octanol–water partition coefficient (Wildman–Crippen LogP) is 0.968. The van der Waals surface area contributed by atoms with E-state index in [0.717, 1.165) is 0 Å². The van der Waals surface area contributed by atoms with Crippen LogP contribution in [-0.4, -0.2) is 36.2 Å². The average molecular weight is 255 g/mol. The van der Waals surface area contributed by atoms with Gasteiger partial charge in [0.15, 0.2) is 0 Å². The van der Waals surface area contributed by atoms with Crippen LogP contribution in [0.25, 0.3) is 0 Å². The summed E-state index contributed by atoms with van der Waals surface area (Å²) in [4.78, 5) is 23.0. The number of hydrogen-bond donors (Lipinski definition) is 2. The van der Waals surface area contributed by atoms with Crippen LogP contribution in [-0.2, 0) is 9.53 Å². The van der Waals surface area contributed by atoms with E-state index in [1.54, 1.807) is 23.8 Å². The molecular formula is C11H13NO4S. The highest BCUT2D eigenvalue weighted by atomic mass is 32.1. The van der Waals surface area contributed by atoms with Crippen molar-refractivity contribution >= 4 is 23.2 Å². The maximum absolute atomic E-state index is 11.8. The highest BCUT2D eigenvalue weighted by Crippen LogP contribution is 2.29. The van der Waals surface area contributed by atoms with Gasteiger partial charge in [0.2, 0.25) is 0 Å². The number of nitrogens with one attached hydrogen (secondary N) is 1. The summed E-state index contributed by atoms with van der Waals surface area (Å²) in [6.07, 6.45) is 0. The van der Waals surface area contributed by atoms with E-state index < -0.39 is 17.4 Å². The first kappa shape index (κ1) is 12.1. The number of thiophene rings is 1. The molecule has 0 aromatic carbocycles. The van der Waals surface area contributed by atoms with Gasteiger partial charge in [0, 0.05) is 10.9 Å². The number of ether oxygens (including phenoxy) is 1. The lowest BCUT2D eigenvalue weighted by Gasteiger charge is -2.25. The Balaban J connectivity index is 2.09. The molecular weight excluding hydrogens is 242 g/mol. The lowest BCUT2D eigenvalue weighted by atomic mass is 9.85. The second-order valence-electron chi connectivity index (χ2n) is 4.28. The summed E-state index contributed by atoms with van der Waals surface area (Å²) < 4.78 is 5.16. The third-order valence-corrected chi connectivity index (χ3v) is 3.72. The summed E-state index contributed by atoms with van der Waals surface area (Å²) in [5, 5.41) is 15.4. The first-order valence-electron chi connectivity index (χ1n) is 5.18. The van der Waals surface area contributed by atoms with Gasteiger partial charge in [0.05, 0.1) is 19.3 Å². The Morgan fingerprint density at radius 1 is 1.65 bits per heavy atom. The van der Waals surface area contributed by atoms with E-state index in [1.807, 2.05) is 0 Å². The van der Waals surface area contributed by atoms with Crippen LogP contribution in [0, 0.1) is 5.41 Å². The molecule has 2 unspecified atom stereocenters.